The van der Waals surface area contributed by atoms with Crippen molar-refractivity contribution in [1.82, 2.24) is 19.9 Å². The van der Waals surface area contributed by atoms with Gasteiger partial charge in [-0.2, -0.15) is 0 Å². The van der Waals surface area contributed by atoms with Crippen LogP contribution in [0.1, 0.15) is 33.1 Å². The van der Waals surface area contributed by atoms with E-state index in [9.17, 15) is 14.4 Å². The highest BCUT2D eigenvalue weighted by Gasteiger charge is 2.17. The van der Waals surface area contributed by atoms with E-state index in [-0.39, 0.29) is 30.3 Å². The molecule has 0 saturated carbocycles. The molecule has 3 N–H and O–H groups in total. The number of aromatic nitrogens is 3. The Kier molecular flexibility index (Phi) is 5.40. The number of amides is 2. The van der Waals surface area contributed by atoms with E-state index in [0.717, 1.165) is 5.69 Å². The zero-order chi connectivity index (χ0) is 22.0. The van der Waals surface area contributed by atoms with Gasteiger partial charge < -0.3 is 15.1 Å². The summed E-state index contributed by atoms with van der Waals surface area (Å²) in [4.78, 5) is 41.4. The average molecular weight is 419 g/mol. The zero-order valence-electron chi connectivity index (χ0n) is 17.1. The smallest absolute Gasteiger partial charge is 0.266 e. The summed E-state index contributed by atoms with van der Waals surface area (Å²) in [7, 11) is 0. The second-order valence-electron chi connectivity index (χ2n) is 7.11. The van der Waals surface area contributed by atoms with Gasteiger partial charge in [0.1, 0.15) is 5.76 Å². The Morgan fingerprint density at radius 2 is 1.97 bits per heavy atom. The topological polar surface area (TPSA) is 121 Å². The van der Waals surface area contributed by atoms with Crippen molar-refractivity contribution >= 4 is 23.1 Å². The minimum atomic E-state index is -0.326. The highest BCUT2D eigenvalue weighted by molar-refractivity contribution is 6.04. The average Bonchev–Trinajstić information content (AvgIpc) is 3.39. The predicted octanol–water partition coefficient (Wildman–Crippen LogP) is 2.34. The number of nitrogens with one attached hydrogen (secondary N) is 3. The maximum atomic E-state index is 12.8. The third kappa shape index (κ3) is 4.25. The zero-order valence-corrected chi connectivity index (χ0v) is 17.1. The van der Waals surface area contributed by atoms with Crippen molar-refractivity contribution in [2.24, 2.45) is 0 Å². The summed E-state index contributed by atoms with van der Waals surface area (Å²) < 4.78 is 6.78. The maximum absolute atomic E-state index is 12.8. The molecule has 0 aliphatic heterocycles. The Morgan fingerprint density at radius 3 is 2.74 bits per heavy atom. The van der Waals surface area contributed by atoms with Crippen LogP contribution in [0.2, 0.25) is 0 Å². The minimum Gasteiger partial charge on any atom is -0.467 e. The third-order valence-corrected chi connectivity index (χ3v) is 4.99. The lowest BCUT2D eigenvalue weighted by Gasteiger charge is -2.13. The summed E-state index contributed by atoms with van der Waals surface area (Å²) >= 11 is 0. The Morgan fingerprint density at radius 1 is 1.16 bits per heavy atom. The van der Waals surface area contributed by atoms with E-state index in [4.69, 9.17) is 4.42 Å². The molecule has 0 saturated heterocycles. The molecule has 0 aliphatic rings. The Hall–Kier alpha value is -4.14. The molecular weight excluding hydrogens is 398 g/mol. The first kappa shape index (κ1) is 20.1. The summed E-state index contributed by atoms with van der Waals surface area (Å²) in [6.45, 7) is 3.85. The molecular formula is C22H21N5O4. The van der Waals surface area contributed by atoms with Crippen molar-refractivity contribution in [2.45, 2.75) is 26.8 Å². The Bertz CT molecular complexity index is 1320. The second kappa shape index (κ2) is 8.31. The standard InChI is InChI=1S/C22H21N5O4/c1-13-17(14(2)27-19(24-13)11-21(29)26-27)10-20(28)25-18-8-4-3-7-16(18)22(30)23-12-15-6-5-9-31-15/h3-9,11H,10,12H2,1-2H3,(H,23,30)(H,25,28)(H,26,29). The van der Waals surface area contributed by atoms with Gasteiger partial charge in [0.2, 0.25) is 5.91 Å². The van der Waals surface area contributed by atoms with Gasteiger partial charge in [0, 0.05) is 23.0 Å². The summed E-state index contributed by atoms with van der Waals surface area (Å²) in [5, 5.41) is 8.26. The highest BCUT2D eigenvalue weighted by Crippen LogP contribution is 2.18. The van der Waals surface area contributed by atoms with Crippen molar-refractivity contribution in [3.8, 4) is 0 Å². The Labute approximate surface area is 177 Å². The number of rotatable bonds is 6. The molecule has 0 bridgehead atoms. The lowest BCUT2D eigenvalue weighted by molar-refractivity contribution is -0.115. The first-order valence-electron chi connectivity index (χ1n) is 9.69. The van der Waals surface area contributed by atoms with Crippen LogP contribution in [0.4, 0.5) is 5.69 Å². The van der Waals surface area contributed by atoms with Crippen LogP contribution in [0.5, 0.6) is 0 Å². The van der Waals surface area contributed by atoms with Crippen LogP contribution in [0.3, 0.4) is 0 Å². The molecule has 9 nitrogen and oxygen atoms in total. The first-order chi connectivity index (χ1) is 14.9. The van der Waals surface area contributed by atoms with Gasteiger partial charge in [-0.05, 0) is 38.1 Å². The SMILES string of the molecule is Cc1nc2cc(=O)[nH]n2c(C)c1CC(=O)Nc1ccccc1C(=O)NCc1ccco1. The Balaban J connectivity index is 1.51. The van der Waals surface area contributed by atoms with Crippen molar-refractivity contribution in [2.75, 3.05) is 5.32 Å². The molecule has 1 aromatic carbocycles. The number of H-pyrrole nitrogens is 1. The van der Waals surface area contributed by atoms with E-state index in [1.54, 1.807) is 47.8 Å². The van der Waals surface area contributed by atoms with Crippen molar-refractivity contribution in [3.05, 3.63) is 87.4 Å². The number of para-hydroxylation sites is 1. The van der Waals surface area contributed by atoms with Gasteiger partial charge in [-0.3, -0.25) is 19.5 Å². The molecule has 9 heteroatoms. The number of aryl methyl sites for hydroxylation is 2. The molecule has 3 heterocycles. The van der Waals surface area contributed by atoms with E-state index in [0.29, 0.717) is 33.9 Å². The first-order valence-corrected chi connectivity index (χ1v) is 9.69. The number of carbonyl (C=O) groups excluding carboxylic acids is 2. The molecule has 4 aromatic rings. The molecule has 0 spiro atoms. The van der Waals surface area contributed by atoms with Crippen LogP contribution >= 0.6 is 0 Å². The van der Waals surface area contributed by atoms with Crippen LogP contribution < -0.4 is 16.2 Å². The summed E-state index contributed by atoms with van der Waals surface area (Å²) in [6, 6.07) is 11.7. The maximum Gasteiger partial charge on any atom is 0.266 e. The van der Waals surface area contributed by atoms with E-state index >= 15 is 0 Å². The fourth-order valence-corrected chi connectivity index (χ4v) is 3.43. The molecule has 3 aromatic heterocycles. The van der Waals surface area contributed by atoms with Gasteiger partial charge in [-0.15, -0.1) is 0 Å². The third-order valence-electron chi connectivity index (χ3n) is 4.99. The van der Waals surface area contributed by atoms with Gasteiger partial charge in [0.15, 0.2) is 5.65 Å². The molecule has 2 amide bonds. The number of benzene rings is 1. The fraction of sp³-hybridized carbons (Fsp3) is 0.182. The van der Waals surface area contributed by atoms with Crippen molar-refractivity contribution < 1.29 is 14.0 Å². The molecule has 0 aliphatic carbocycles. The number of hydrogen-bond donors (Lipinski definition) is 3. The summed E-state index contributed by atoms with van der Waals surface area (Å²) in [6.07, 6.45) is 1.58. The van der Waals surface area contributed by atoms with Gasteiger partial charge in [0.25, 0.3) is 11.5 Å². The normalized spacial score (nSPS) is 10.9. The monoisotopic (exact) mass is 419 g/mol. The van der Waals surface area contributed by atoms with E-state index in [1.807, 2.05) is 6.92 Å². The largest absolute Gasteiger partial charge is 0.467 e. The van der Waals surface area contributed by atoms with Gasteiger partial charge >= 0.3 is 0 Å². The second-order valence-corrected chi connectivity index (χ2v) is 7.11. The van der Waals surface area contributed by atoms with Crippen LogP contribution in [-0.4, -0.2) is 26.4 Å². The fourth-order valence-electron chi connectivity index (χ4n) is 3.43. The number of carbonyl (C=O) groups is 2. The van der Waals surface area contributed by atoms with Gasteiger partial charge in [-0.25, -0.2) is 9.50 Å². The summed E-state index contributed by atoms with van der Waals surface area (Å²) in [5.74, 6) is 0.00700. The molecule has 4 rings (SSSR count). The predicted molar refractivity (Wildman–Crippen MR) is 114 cm³/mol. The minimum absolute atomic E-state index is 0.0448. The van der Waals surface area contributed by atoms with Crippen LogP contribution in [-0.2, 0) is 17.8 Å². The number of hydrogen-bond acceptors (Lipinski definition) is 5. The van der Waals surface area contributed by atoms with Gasteiger partial charge in [-0.1, -0.05) is 12.1 Å². The van der Waals surface area contributed by atoms with Crippen LogP contribution in [0.25, 0.3) is 5.65 Å². The number of aromatic amines is 1. The molecule has 158 valence electrons. The number of furan rings is 1. The molecule has 0 atom stereocenters. The molecule has 0 fully saturated rings. The lowest BCUT2D eigenvalue weighted by Crippen LogP contribution is -2.25. The lowest BCUT2D eigenvalue weighted by atomic mass is 10.1. The van der Waals surface area contributed by atoms with E-state index in [2.05, 4.69) is 20.7 Å². The number of anilines is 1. The quantitative estimate of drug-likeness (QED) is 0.443. The number of nitrogens with zero attached hydrogens (tertiary/aromatic N) is 2. The van der Waals surface area contributed by atoms with Crippen molar-refractivity contribution in [1.29, 1.82) is 0 Å². The van der Waals surface area contributed by atoms with Gasteiger partial charge in [0.05, 0.1) is 30.5 Å². The summed E-state index contributed by atoms with van der Waals surface area (Å²) in [5.41, 5.74) is 3.09. The van der Waals surface area contributed by atoms with Crippen molar-refractivity contribution in [3.63, 3.8) is 0 Å². The van der Waals surface area contributed by atoms with E-state index in [1.165, 1.54) is 12.3 Å². The number of fused-ring (bicyclic) bond motifs is 1. The molecule has 31 heavy (non-hydrogen) atoms. The van der Waals surface area contributed by atoms with Crippen LogP contribution in [0.15, 0.2) is 57.9 Å². The molecule has 0 unspecified atom stereocenters. The highest BCUT2D eigenvalue weighted by atomic mass is 16.3. The molecule has 0 radical (unpaired) electrons. The van der Waals surface area contributed by atoms with Crippen LogP contribution in [0, 0.1) is 13.8 Å². The van der Waals surface area contributed by atoms with E-state index < -0.39 is 0 Å².